The smallest absolute Gasteiger partial charge is 0.179 e. The Bertz CT molecular complexity index is 111. The summed E-state index contributed by atoms with van der Waals surface area (Å²) < 4.78 is 0. The third-order valence-corrected chi connectivity index (χ3v) is 1.41. The van der Waals surface area contributed by atoms with Gasteiger partial charge in [0.2, 0.25) is 0 Å². The van der Waals surface area contributed by atoms with Crippen molar-refractivity contribution in [2.45, 2.75) is 45.3 Å². The van der Waals surface area contributed by atoms with Crippen molar-refractivity contribution in [3.63, 3.8) is 0 Å². The predicted octanol–water partition coefficient (Wildman–Crippen LogP) is 1.82. The van der Waals surface area contributed by atoms with Crippen LogP contribution in [0.3, 0.4) is 0 Å². The van der Waals surface area contributed by atoms with E-state index in [2.05, 4.69) is 6.92 Å². The third kappa shape index (κ3) is 9.66. The Kier molecular flexibility index (Phi) is 5.16. The molecule has 0 saturated heterocycles. The van der Waals surface area contributed by atoms with Crippen LogP contribution in [-0.4, -0.2) is 16.0 Å². The number of allylic oxidation sites excluding steroid dienone is 1. The second-order valence-electron chi connectivity index (χ2n) is 2.99. The average Bonchev–Trinajstić information content (AvgIpc) is 1.85. The van der Waals surface area contributed by atoms with E-state index < -0.39 is 5.79 Å². The lowest BCUT2D eigenvalue weighted by molar-refractivity contribution is -0.101. The molecule has 0 aromatic rings. The van der Waals surface area contributed by atoms with Gasteiger partial charge in [-0.05, 0) is 25.8 Å². The summed E-state index contributed by atoms with van der Waals surface area (Å²) in [6.07, 6.45) is 7.70. The van der Waals surface area contributed by atoms with Gasteiger partial charge in [0, 0.05) is 0 Å². The maximum atomic E-state index is 8.84. The van der Waals surface area contributed by atoms with E-state index in [4.69, 9.17) is 10.2 Å². The molecule has 0 fully saturated rings. The Hall–Kier alpha value is -0.340. The van der Waals surface area contributed by atoms with Crippen molar-refractivity contribution >= 4 is 0 Å². The highest BCUT2D eigenvalue weighted by Gasteiger charge is 2.06. The molecule has 0 unspecified atom stereocenters. The Balaban J connectivity index is 3.30. The average molecular weight is 158 g/mol. The van der Waals surface area contributed by atoms with E-state index in [1.54, 1.807) is 0 Å². The highest BCUT2D eigenvalue weighted by atomic mass is 16.5. The third-order valence-electron chi connectivity index (χ3n) is 1.41. The summed E-state index contributed by atoms with van der Waals surface area (Å²) in [5, 5.41) is 17.7. The molecule has 66 valence electrons. The maximum Gasteiger partial charge on any atom is 0.179 e. The van der Waals surface area contributed by atoms with E-state index in [9.17, 15) is 0 Å². The zero-order valence-electron chi connectivity index (χ0n) is 7.38. The van der Waals surface area contributed by atoms with Gasteiger partial charge in [-0.15, -0.1) is 0 Å². The fourth-order valence-electron chi connectivity index (χ4n) is 0.819. The number of aliphatic hydroxyl groups is 2. The van der Waals surface area contributed by atoms with Crippen LogP contribution >= 0.6 is 0 Å². The molecule has 2 N–H and O–H groups in total. The van der Waals surface area contributed by atoms with Gasteiger partial charge in [0.05, 0.1) is 0 Å². The molecule has 0 aromatic heterocycles. The molecular formula is C9H18O2. The van der Waals surface area contributed by atoms with Gasteiger partial charge in [-0.1, -0.05) is 25.8 Å². The molecule has 0 aliphatic heterocycles. The molecular weight excluding hydrogens is 140 g/mol. The molecule has 11 heavy (non-hydrogen) atoms. The van der Waals surface area contributed by atoms with Crippen LogP contribution in [0.15, 0.2) is 12.2 Å². The maximum absolute atomic E-state index is 8.84. The summed E-state index contributed by atoms with van der Waals surface area (Å²) in [6, 6.07) is 0. The zero-order valence-corrected chi connectivity index (χ0v) is 7.38. The van der Waals surface area contributed by atoms with E-state index in [1.165, 1.54) is 25.8 Å². The van der Waals surface area contributed by atoms with Gasteiger partial charge in [0.1, 0.15) is 0 Å². The van der Waals surface area contributed by atoms with Crippen molar-refractivity contribution in [1.29, 1.82) is 0 Å². The van der Waals surface area contributed by atoms with Gasteiger partial charge < -0.3 is 10.2 Å². The zero-order chi connectivity index (χ0) is 8.74. The van der Waals surface area contributed by atoms with Gasteiger partial charge in [-0.2, -0.15) is 0 Å². The molecule has 0 aliphatic rings. The van der Waals surface area contributed by atoms with Gasteiger partial charge >= 0.3 is 0 Å². The highest BCUT2D eigenvalue weighted by molar-refractivity contribution is 4.90. The summed E-state index contributed by atoms with van der Waals surface area (Å²) in [5.41, 5.74) is 0. The summed E-state index contributed by atoms with van der Waals surface area (Å²) in [7, 11) is 0. The highest BCUT2D eigenvalue weighted by Crippen LogP contribution is 2.03. The largest absolute Gasteiger partial charge is 0.363 e. The molecule has 0 bridgehead atoms. The molecule has 0 atom stereocenters. The van der Waals surface area contributed by atoms with E-state index in [-0.39, 0.29) is 0 Å². The number of hydrogen-bond acceptors (Lipinski definition) is 2. The van der Waals surface area contributed by atoms with Crippen LogP contribution in [0.4, 0.5) is 0 Å². The van der Waals surface area contributed by atoms with E-state index in [0.29, 0.717) is 0 Å². The van der Waals surface area contributed by atoms with Crippen LogP contribution in [-0.2, 0) is 0 Å². The standard InChI is InChI=1S/C9H18O2/c1-3-4-5-6-7-8-9(2,10)11/h7-8,10-11H,3-6H2,1-2H3. The first kappa shape index (κ1) is 10.7. The normalized spacial score (nSPS) is 12.7. The van der Waals surface area contributed by atoms with Crippen LogP contribution in [0.5, 0.6) is 0 Å². The summed E-state index contributed by atoms with van der Waals surface area (Å²) in [5.74, 6) is -1.63. The summed E-state index contributed by atoms with van der Waals surface area (Å²) >= 11 is 0. The van der Waals surface area contributed by atoms with Crippen molar-refractivity contribution in [3.8, 4) is 0 Å². The van der Waals surface area contributed by atoms with E-state index >= 15 is 0 Å². The van der Waals surface area contributed by atoms with Crippen molar-refractivity contribution in [2.24, 2.45) is 0 Å². The van der Waals surface area contributed by atoms with Crippen LogP contribution in [0, 0.1) is 0 Å². The van der Waals surface area contributed by atoms with Crippen molar-refractivity contribution in [2.75, 3.05) is 0 Å². The lowest BCUT2D eigenvalue weighted by atomic mass is 10.2. The van der Waals surface area contributed by atoms with Crippen molar-refractivity contribution in [3.05, 3.63) is 12.2 Å². The number of unbranched alkanes of at least 4 members (excludes halogenated alkanes) is 3. The van der Waals surface area contributed by atoms with Gasteiger partial charge in [-0.25, -0.2) is 0 Å². The molecule has 0 aliphatic carbocycles. The molecule has 0 amide bonds. The van der Waals surface area contributed by atoms with Gasteiger partial charge in [0.15, 0.2) is 5.79 Å². The molecule has 0 rings (SSSR count). The van der Waals surface area contributed by atoms with Gasteiger partial charge in [0.25, 0.3) is 0 Å². The Morgan fingerprint density at radius 2 is 1.91 bits per heavy atom. The van der Waals surface area contributed by atoms with Crippen LogP contribution in [0.2, 0.25) is 0 Å². The molecule has 2 nitrogen and oxygen atoms in total. The van der Waals surface area contributed by atoms with E-state index in [0.717, 1.165) is 12.8 Å². The van der Waals surface area contributed by atoms with Crippen LogP contribution < -0.4 is 0 Å². The molecule has 2 heteroatoms. The predicted molar refractivity (Wildman–Crippen MR) is 46.1 cm³/mol. The molecule has 0 aromatic carbocycles. The summed E-state index contributed by atoms with van der Waals surface area (Å²) in [6.45, 7) is 3.50. The minimum Gasteiger partial charge on any atom is -0.363 e. The quantitative estimate of drug-likeness (QED) is 0.364. The van der Waals surface area contributed by atoms with Crippen molar-refractivity contribution in [1.82, 2.24) is 0 Å². The summed E-state index contributed by atoms with van der Waals surface area (Å²) in [4.78, 5) is 0. The molecule has 0 radical (unpaired) electrons. The lowest BCUT2D eigenvalue weighted by Gasteiger charge is -2.08. The first-order valence-corrected chi connectivity index (χ1v) is 4.18. The lowest BCUT2D eigenvalue weighted by Crippen LogP contribution is -2.18. The minimum absolute atomic E-state index is 0.935. The molecule has 0 heterocycles. The fraction of sp³-hybridized carbons (Fsp3) is 0.778. The first-order valence-electron chi connectivity index (χ1n) is 4.18. The first-order chi connectivity index (χ1) is 5.06. The van der Waals surface area contributed by atoms with Crippen molar-refractivity contribution < 1.29 is 10.2 Å². The Morgan fingerprint density at radius 3 is 2.36 bits per heavy atom. The SMILES string of the molecule is CCCCCC=CC(C)(O)O. The second kappa shape index (κ2) is 5.33. The van der Waals surface area contributed by atoms with Crippen LogP contribution in [0.25, 0.3) is 0 Å². The Morgan fingerprint density at radius 1 is 1.27 bits per heavy atom. The molecule has 0 spiro atoms. The fourth-order valence-corrected chi connectivity index (χ4v) is 0.819. The van der Waals surface area contributed by atoms with E-state index in [1.807, 2.05) is 6.08 Å². The van der Waals surface area contributed by atoms with Crippen LogP contribution in [0.1, 0.15) is 39.5 Å². The molecule has 0 saturated carbocycles. The number of hydrogen-bond donors (Lipinski definition) is 2. The topological polar surface area (TPSA) is 40.5 Å². The van der Waals surface area contributed by atoms with Gasteiger partial charge in [-0.3, -0.25) is 0 Å². The monoisotopic (exact) mass is 158 g/mol. The second-order valence-corrected chi connectivity index (χ2v) is 2.99. The minimum atomic E-state index is -1.63. The Labute approximate surface area is 68.6 Å². The number of rotatable bonds is 5.